The minimum Gasteiger partial charge on any atom is -0.351 e. The van der Waals surface area contributed by atoms with Crippen LogP contribution in [0.2, 0.25) is 0 Å². The third-order valence-electron chi connectivity index (χ3n) is 4.31. The van der Waals surface area contributed by atoms with Crippen LogP contribution in [0.4, 0.5) is 0 Å². The number of benzene rings is 2. The molecule has 0 bridgehead atoms. The molecule has 128 valence electrons. The van der Waals surface area contributed by atoms with Crippen LogP contribution in [0.1, 0.15) is 25.0 Å². The Kier molecular flexibility index (Phi) is 7.09. The normalized spacial score (nSPS) is 18.5. The first-order chi connectivity index (χ1) is 11.2. The predicted molar refractivity (Wildman–Crippen MR) is 112 cm³/mol. The van der Waals surface area contributed by atoms with E-state index in [1.165, 1.54) is 11.1 Å². The van der Waals surface area contributed by atoms with Gasteiger partial charge in [-0.2, -0.15) is 0 Å². The fraction of sp³-hybridized carbons (Fsp3) is 0.350. The molecule has 0 aliphatic carbocycles. The van der Waals surface area contributed by atoms with Gasteiger partial charge in [-0.3, -0.25) is 0 Å². The maximum absolute atomic E-state index is 4.84. The fourth-order valence-electron chi connectivity index (χ4n) is 2.84. The number of rotatable bonds is 5. The number of nitrogens with one attached hydrogen (secondary N) is 1. The third-order valence-corrected chi connectivity index (χ3v) is 4.31. The number of nitrogens with zero attached hydrogens (tertiary/aromatic N) is 2. The van der Waals surface area contributed by atoms with Crippen LogP contribution in [0, 0.1) is 5.92 Å². The minimum atomic E-state index is 0. The Morgan fingerprint density at radius 1 is 1.00 bits per heavy atom. The van der Waals surface area contributed by atoms with Crippen LogP contribution in [-0.4, -0.2) is 23.4 Å². The lowest BCUT2D eigenvalue weighted by atomic mass is 10.1. The van der Waals surface area contributed by atoms with Crippen molar-refractivity contribution in [3.8, 4) is 0 Å². The van der Waals surface area contributed by atoms with Gasteiger partial charge in [0.15, 0.2) is 5.96 Å². The molecular weight excluding hydrogens is 409 g/mol. The number of halogens is 1. The Hall–Kier alpha value is -1.56. The average molecular weight is 435 g/mol. The van der Waals surface area contributed by atoms with Gasteiger partial charge < -0.3 is 10.2 Å². The van der Waals surface area contributed by atoms with Gasteiger partial charge in [-0.15, -0.1) is 24.0 Å². The highest BCUT2D eigenvalue weighted by Crippen LogP contribution is 2.16. The van der Waals surface area contributed by atoms with Gasteiger partial charge in [0.1, 0.15) is 0 Å². The van der Waals surface area contributed by atoms with Gasteiger partial charge in [0, 0.05) is 19.1 Å². The quantitative estimate of drug-likeness (QED) is 0.710. The second-order valence-electron chi connectivity index (χ2n) is 6.49. The summed E-state index contributed by atoms with van der Waals surface area (Å²) in [5, 5.41) is 3.61. The zero-order valence-corrected chi connectivity index (χ0v) is 16.7. The Balaban J connectivity index is 0.00000208. The maximum Gasteiger partial charge on any atom is 0.194 e. The summed E-state index contributed by atoms with van der Waals surface area (Å²) in [6, 6.07) is 21.5. The number of aliphatic imine (C=N–C) groups is 1. The third kappa shape index (κ3) is 4.97. The summed E-state index contributed by atoms with van der Waals surface area (Å²) in [5.74, 6) is 1.62. The molecular formula is C20H26IN3. The Morgan fingerprint density at radius 3 is 2.17 bits per heavy atom. The first-order valence-electron chi connectivity index (χ1n) is 8.36. The van der Waals surface area contributed by atoms with Crippen LogP contribution >= 0.6 is 24.0 Å². The standard InChI is InChI=1S/C20H25N3.HI/c1-16(2)19-15-23(14-18-11-7-4-8-12-18)20(22-19)21-13-17-9-5-3-6-10-17;/h3-12,16,19H,13-15H2,1-2H3,(H,21,22);1H. The summed E-state index contributed by atoms with van der Waals surface area (Å²) in [6.07, 6.45) is 0. The van der Waals surface area contributed by atoms with E-state index < -0.39 is 0 Å². The lowest BCUT2D eigenvalue weighted by Gasteiger charge is -2.18. The molecule has 1 saturated heterocycles. The number of hydrogen-bond acceptors (Lipinski definition) is 1. The van der Waals surface area contributed by atoms with E-state index >= 15 is 0 Å². The molecule has 2 aromatic carbocycles. The van der Waals surface area contributed by atoms with Crippen LogP contribution in [-0.2, 0) is 13.1 Å². The van der Waals surface area contributed by atoms with Crippen LogP contribution in [0.25, 0.3) is 0 Å². The molecule has 1 fully saturated rings. The molecule has 0 spiro atoms. The van der Waals surface area contributed by atoms with Crippen molar-refractivity contribution in [2.45, 2.75) is 33.0 Å². The zero-order chi connectivity index (χ0) is 16.1. The average Bonchev–Trinajstić information content (AvgIpc) is 2.98. The molecule has 0 aromatic heterocycles. The van der Waals surface area contributed by atoms with Crippen LogP contribution in [0.15, 0.2) is 65.7 Å². The Bertz CT molecular complexity index is 640. The van der Waals surface area contributed by atoms with Crippen molar-refractivity contribution in [3.05, 3.63) is 71.8 Å². The van der Waals surface area contributed by atoms with Crippen molar-refractivity contribution in [3.63, 3.8) is 0 Å². The smallest absolute Gasteiger partial charge is 0.194 e. The molecule has 0 amide bonds. The molecule has 3 rings (SSSR count). The fourth-order valence-corrected chi connectivity index (χ4v) is 2.84. The first kappa shape index (κ1) is 18.8. The van der Waals surface area contributed by atoms with Crippen molar-refractivity contribution in [1.29, 1.82) is 0 Å². The Labute approximate surface area is 162 Å². The summed E-state index contributed by atoms with van der Waals surface area (Å²) in [4.78, 5) is 7.20. The van der Waals surface area contributed by atoms with E-state index in [1.54, 1.807) is 0 Å². The highest BCUT2D eigenvalue weighted by Gasteiger charge is 2.28. The summed E-state index contributed by atoms with van der Waals surface area (Å²) < 4.78 is 0. The first-order valence-corrected chi connectivity index (χ1v) is 8.36. The van der Waals surface area contributed by atoms with Crippen molar-refractivity contribution in [2.24, 2.45) is 10.9 Å². The molecule has 1 heterocycles. The number of hydrogen-bond donors (Lipinski definition) is 1. The number of guanidine groups is 1. The van der Waals surface area contributed by atoms with Crippen LogP contribution in [0.3, 0.4) is 0 Å². The second kappa shape index (κ2) is 9.06. The molecule has 4 heteroatoms. The lowest BCUT2D eigenvalue weighted by molar-refractivity contribution is 0.381. The topological polar surface area (TPSA) is 27.6 Å². The van der Waals surface area contributed by atoms with E-state index in [-0.39, 0.29) is 24.0 Å². The SMILES string of the molecule is CC(C)C1CN(Cc2ccccc2)C(=NCc2ccccc2)N1.I. The van der Waals surface area contributed by atoms with E-state index in [1.807, 2.05) is 6.07 Å². The largest absolute Gasteiger partial charge is 0.351 e. The molecule has 2 aromatic rings. The van der Waals surface area contributed by atoms with Crippen LogP contribution < -0.4 is 5.32 Å². The van der Waals surface area contributed by atoms with Gasteiger partial charge in [0.2, 0.25) is 0 Å². The van der Waals surface area contributed by atoms with Gasteiger partial charge in [0.05, 0.1) is 6.54 Å². The molecule has 24 heavy (non-hydrogen) atoms. The summed E-state index contributed by atoms with van der Waals surface area (Å²) in [5.41, 5.74) is 2.57. The van der Waals surface area contributed by atoms with Crippen molar-refractivity contribution in [2.75, 3.05) is 6.54 Å². The molecule has 1 unspecified atom stereocenters. The van der Waals surface area contributed by atoms with Crippen molar-refractivity contribution >= 4 is 29.9 Å². The van der Waals surface area contributed by atoms with E-state index in [0.717, 1.165) is 25.6 Å². The van der Waals surface area contributed by atoms with E-state index in [2.05, 4.69) is 78.7 Å². The van der Waals surface area contributed by atoms with Gasteiger partial charge in [-0.1, -0.05) is 74.5 Å². The van der Waals surface area contributed by atoms with E-state index in [9.17, 15) is 0 Å². The minimum absolute atomic E-state index is 0. The molecule has 1 atom stereocenters. The highest BCUT2D eigenvalue weighted by molar-refractivity contribution is 14.0. The predicted octanol–water partition coefficient (Wildman–Crippen LogP) is 4.29. The van der Waals surface area contributed by atoms with Crippen molar-refractivity contribution < 1.29 is 0 Å². The molecule has 1 N–H and O–H groups in total. The zero-order valence-electron chi connectivity index (χ0n) is 14.4. The van der Waals surface area contributed by atoms with E-state index in [0.29, 0.717) is 12.0 Å². The van der Waals surface area contributed by atoms with Gasteiger partial charge in [0.25, 0.3) is 0 Å². The monoisotopic (exact) mass is 435 g/mol. The molecule has 0 saturated carbocycles. The Morgan fingerprint density at radius 2 is 1.58 bits per heavy atom. The summed E-state index contributed by atoms with van der Waals surface area (Å²) in [7, 11) is 0. The van der Waals surface area contributed by atoms with Crippen molar-refractivity contribution in [1.82, 2.24) is 10.2 Å². The molecule has 0 radical (unpaired) electrons. The second-order valence-corrected chi connectivity index (χ2v) is 6.49. The van der Waals surface area contributed by atoms with Gasteiger partial charge in [-0.05, 0) is 17.0 Å². The summed E-state index contributed by atoms with van der Waals surface area (Å²) in [6.45, 7) is 7.17. The summed E-state index contributed by atoms with van der Waals surface area (Å²) >= 11 is 0. The van der Waals surface area contributed by atoms with Gasteiger partial charge in [-0.25, -0.2) is 4.99 Å². The maximum atomic E-state index is 4.84. The molecule has 1 aliphatic heterocycles. The lowest BCUT2D eigenvalue weighted by Crippen LogP contribution is -2.32. The molecule has 3 nitrogen and oxygen atoms in total. The van der Waals surface area contributed by atoms with Gasteiger partial charge >= 0.3 is 0 Å². The molecule has 1 aliphatic rings. The van der Waals surface area contributed by atoms with E-state index in [4.69, 9.17) is 4.99 Å². The highest BCUT2D eigenvalue weighted by atomic mass is 127. The van der Waals surface area contributed by atoms with Crippen LogP contribution in [0.5, 0.6) is 0 Å².